The number of hydrogen-bond acceptors (Lipinski definition) is 3. The predicted octanol–water partition coefficient (Wildman–Crippen LogP) is 1.06. The second kappa shape index (κ2) is 4.79. The van der Waals surface area contributed by atoms with E-state index in [4.69, 9.17) is 0 Å². The number of likely N-dealkylation sites (tertiary alicyclic amines) is 1. The van der Waals surface area contributed by atoms with Gasteiger partial charge >= 0.3 is 0 Å². The van der Waals surface area contributed by atoms with Gasteiger partial charge in [0, 0.05) is 12.7 Å². The van der Waals surface area contributed by atoms with E-state index in [0.717, 1.165) is 12.6 Å². The van der Waals surface area contributed by atoms with Gasteiger partial charge in [0.05, 0.1) is 24.4 Å². The first-order valence-corrected chi connectivity index (χ1v) is 5.66. The van der Waals surface area contributed by atoms with Crippen molar-refractivity contribution in [2.75, 3.05) is 13.2 Å². The number of aliphatic hydroxyl groups is 1. The highest BCUT2D eigenvalue weighted by atomic mass is 19.1. The van der Waals surface area contributed by atoms with Crippen molar-refractivity contribution in [1.29, 1.82) is 0 Å². The van der Waals surface area contributed by atoms with Crippen molar-refractivity contribution in [3.8, 4) is 0 Å². The maximum absolute atomic E-state index is 13.4. The fourth-order valence-corrected chi connectivity index (χ4v) is 2.24. The highest BCUT2D eigenvalue weighted by Crippen LogP contribution is 2.25. The van der Waals surface area contributed by atoms with Crippen molar-refractivity contribution in [2.45, 2.75) is 19.4 Å². The quantitative estimate of drug-likeness (QED) is 0.838. The summed E-state index contributed by atoms with van der Waals surface area (Å²) in [5.41, 5.74) is 0.0209. The zero-order chi connectivity index (χ0) is 12.4. The lowest BCUT2D eigenvalue weighted by atomic mass is 10.0. The maximum atomic E-state index is 13.4. The second-order valence-electron chi connectivity index (χ2n) is 4.37. The van der Waals surface area contributed by atoms with Gasteiger partial charge in [-0.15, -0.1) is 0 Å². The Morgan fingerprint density at radius 1 is 1.71 bits per heavy atom. The van der Waals surface area contributed by atoms with Gasteiger partial charge in [-0.1, -0.05) is 6.92 Å². The summed E-state index contributed by atoms with van der Waals surface area (Å²) >= 11 is 0. The molecule has 1 aliphatic rings. The zero-order valence-corrected chi connectivity index (χ0v) is 9.64. The standard InChI is InChI=1S/C12H15FN2O2/c1-8-3-5-15(11(8)7-16)12(17)9-2-4-14-6-10(9)13/h2,4,6,8,11,16H,3,5,7H2,1H3. The molecule has 1 aromatic rings. The van der Waals surface area contributed by atoms with Crippen LogP contribution in [0.5, 0.6) is 0 Å². The van der Waals surface area contributed by atoms with Crippen LogP contribution < -0.4 is 0 Å². The molecule has 4 nitrogen and oxygen atoms in total. The first-order valence-electron chi connectivity index (χ1n) is 5.66. The van der Waals surface area contributed by atoms with Crippen LogP contribution in [0.25, 0.3) is 0 Å². The number of nitrogens with zero attached hydrogens (tertiary/aromatic N) is 2. The van der Waals surface area contributed by atoms with Crippen molar-refractivity contribution >= 4 is 5.91 Å². The van der Waals surface area contributed by atoms with Gasteiger partial charge in [-0.3, -0.25) is 9.78 Å². The minimum Gasteiger partial charge on any atom is -0.394 e. The van der Waals surface area contributed by atoms with Crippen molar-refractivity contribution in [1.82, 2.24) is 9.88 Å². The van der Waals surface area contributed by atoms with Crippen LogP contribution in [0.15, 0.2) is 18.5 Å². The molecule has 5 heteroatoms. The summed E-state index contributed by atoms with van der Waals surface area (Å²) in [5.74, 6) is -0.740. The number of amides is 1. The Labute approximate surface area is 99.1 Å². The van der Waals surface area contributed by atoms with E-state index in [9.17, 15) is 14.3 Å². The van der Waals surface area contributed by atoms with Gasteiger partial charge in [-0.2, -0.15) is 0 Å². The largest absolute Gasteiger partial charge is 0.394 e. The molecular formula is C12H15FN2O2. The van der Waals surface area contributed by atoms with E-state index >= 15 is 0 Å². The van der Waals surface area contributed by atoms with Crippen LogP contribution >= 0.6 is 0 Å². The number of carbonyl (C=O) groups excluding carboxylic acids is 1. The third-order valence-corrected chi connectivity index (χ3v) is 3.33. The van der Waals surface area contributed by atoms with E-state index in [1.807, 2.05) is 6.92 Å². The lowest BCUT2D eigenvalue weighted by molar-refractivity contribution is 0.0643. The molecule has 0 aliphatic carbocycles. The average molecular weight is 238 g/mol. The minimum absolute atomic E-state index is 0.0209. The monoisotopic (exact) mass is 238 g/mol. The highest BCUT2D eigenvalue weighted by molar-refractivity contribution is 5.94. The summed E-state index contributed by atoms with van der Waals surface area (Å²) < 4.78 is 13.4. The third kappa shape index (κ3) is 2.15. The topological polar surface area (TPSA) is 53.4 Å². The Kier molecular flexibility index (Phi) is 3.38. The molecule has 0 saturated carbocycles. The molecule has 1 aliphatic heterocycles. The SMILES string of the molecule is CC1CCN(C(=O)c2ccncc2F)C1CO. The van der Waals surface area contributed by atoms with Crippen LogP contribution in [0.2, 0.25) is 0 Å². The molecule has 2 rings (SSSR count). The first-order chi connectivity index (χ1) is 8.15. The number of aliphatic hydroxyl groups excluding tert-OH is 1. The molecule has 17 heavy (non-hydrogen) atoms. The van der Waals surface area contributed by atoms with Crippen LogP contribution in [-0.2, 0) is 0 Å². The summed E-state index contributed by atoms with van der Waals surface area (Å²) in [7, 11) is 0. The van der Waals surface area contributed by atoms with Crippen LogP contribution in [0.1, 0.15) is 23.7 Å². The van der Waals surface area contributed by atoms with E-state index < -0.39 is 5.82 Å². The van der Waals surface area contributed by atoms with E-state index in [-0.39, 0.29) is 30.0 Å². The van der Waals surface area contributed by atoms with Crippen LogP contribution in [0.3, 0.4) is 0 Å². The van der Waals surface area contributed by atoms with Crippen LogP contribution in [0, 0.1) is 11.7 Å². The summed E-state index contributed by atoms with van der Waals surface area (Å²) in [6, 6.07) is 1.16. The van der Waals surface area contributed by atoms with E-state index in [1.54, 1.807) is 4.90 Å². The summed E-state index contributed by atoms with van der Waals surface area (Å²) in [4.78, 5) is 17.3. The van der Waals surface area contributed by atoms with Crippen molar-refractivity contribution in [3.05, 3.63) is 29.8 Å². The molecule has 1 fully saturated rings. The van der Waals surface area contributed by atoms with Gasteiger partial charge in [-0.05, 0) is 18.4 Å². The molecule has 1 amide bonds. The Hall–Kier alpha value is -1.49. The van der Waals surface area contributed by atoms with Gasteiger partial charge in [0.1, 0.15) is 0 Å². The Balaban J connectivity index is 2.24. The number of halogens is 1. The summed E-state index contributed by atoms with van der Waals surface area (Å²) in [5, 5.41) is 9.27. The maximum Gasteiger partial charge on any atom is 0.257 e. The molecule has 2 heterocycles. The van der Waals surface area contributed by atoms with Crippen LogP contribution in [-0.4, -0.2) is 40.1 Å². The Bertz CT molecular complexity index is 425. The molecule has 0 radical (unpaired) electrons. The van der Waals surface area contributed by atoms with E-state index in [1.165, 1.54) is 12.3 Å². The summed E-state index contributed by atoms with van der Waals surface area (Å²) in [6.07, 6.45) is 3.26. The Morgan fingerprint density at radius 2 is 2.47 bits per heavy atom. The molecule has 92 valence electrons. The zero-order valence-electron chi connectivity index (χ0n) is 9.64. The lowest BCUT2D eigenvalue weighted by Gasteiger charge is -2.25. The molecule has 2 unspecified atom stereocenters. The Morgan fingerprint density at radius 3 is 3.12 bits per heavy atom. The molecule has 0 spiro atoms. The van der Waals surface area contributed by atoms with E-state index in [2.05, 4.69) is 4.98 Å². The molecule has 0 aromatic carbocycles. The van der Waals surface area contributed by atoms with Crippen LogP contribution in [0.4, 0.5) is 4.39 Å². The van der Waals surface area contributed by atoms with Gasteiger partial charge in [0.15, 0.2) is 5.82 Å². The van der Waals surface area contributed by atoms with Gasteiger partial charge in [-0.25, -0.2) is 4.39 Å². The van der Waals surface area contributed by atoms with Gasteiger partial charge < -0.3 is 10.0 Å². The lowest BCUT2D eigenvalue weighted by Crippen LogP contribution is -2.40. The number of aromatic nitrogens is 1. The fourth-order valence-electron chi connectivity index (χ4n) is 2.24. The van der Waals surface area contributed by atoms with Crippen molar-refractivity contribution < 1.29 is 14.3 Å². The molecule has 1 saturated heterocycles. The van der Waals surface area contributed by atoms with E-state index in [0.29, 0.717) is 6.54 Å². The molecular weight excluding hydrogens is 223 g/mol. The summed E-state index contributed by atoms with van der Waals surface area (Å²) in [6.45, 7) is 2.46. The number of rotatable bonds is 2. The normalized spacial score (nSPS) is 24.1. The number of hydrogen-bond donors (Lipinski definition) is 1. The highest BCUT2D eigenvalue weighted by Gasteiger charge is 2.35. The average Bonchev–Trinajstić information content (AvgIpc) is 2.70. The minimum atomic E-state index is -0.617. The van der Waals surface area contributed by atoms with Gasteiger partial charge in [0.2, 0.25) is 0 Å². The van der Waals surface area contributed by atoms with Crippen molar-refractivity contribution in [2.24, 2.45) is 5.92 Å². The molecule has 1 aromatic heterocycles. The fraction of sp³-hybridized carbons (Fsp3) is 0.500. The first kappa shape index (κ1) is 12.0. The van der Waals surface area contributed by atoms with Crippen molar-refractivity contribution in [3.63, 3.8) is 0 Å². The second-order valence-corrected chi connectivity index (χ2v) is 4.37. The molecule has 2 atom stereocenters. The molecule has 0 bridgehead atoms. The number of carbonyl (C=O) groups is 1. The van der Waals surface area contributed by atoms with Gasteiger partial charge in [0.25, 0.3) is 5.91 Å². The predicted molar refractivity (Wildman–Crippen MR) is 59.9 cm³/mol. The molecule has 1 N–H and O–H groups in total. The third-order valence-electron chi connectivity index (χ3n) is 3.33. The smallest absolute Gasteiger partial charge is 0.257 e. The number of pyridine rings is 1.